The van der Waals surface area contributed by atoms with E-state index in [1.165, 1.54) is 0 Å². The Morgan fingerprint density at radius 1 is 1.03 bits per heavy atom. The molecule has 1 N–H and O–H groups in total. The van der Waals surface area contributed by atoms with Crippen LogP contribution in [0.25, 0.3) is 21.7 Å². The number of aliphatic hydroxyl groups is 1. The van der Waals surface area contributed by atoms with E-state index in [1.54, 1.807) is 10.6 Å². The zero-order valence-corrected chi connectivity index (χ0v) is 16.8. The van der Waals surface area contributed by atoms with Gasteiger partial charge in [0.15, 0.2) is 5.82 Å². The first-order valence-electron chi connectivity index (χ1n) is 10.3. The molecular formula is C23H23N5O2. The number of aromatic nitrogens is 4. The predicted octanol–water partition coefficient (Wildman–Crippen LogP) is 2.98. The first-order chi connectivity index (χ1) is 14.7. The largest absolute Gasteiger partial charge is 0.395 e. The molecule has 1 atom stereocenters. The zero-order chi connectivity index (χ0) is 20.7. The molecule has 0 saturated carbocycles. The normalized spacial score (nSPS) is 16.6. The Morgan fingerprint density at radius 3 is 2.57 bits per heavy atom. The number of rotatable bonds is 4. The lowest BCUT2D eigenvalue weighted by atomic mass is 10.1. The van der Waals surface area contributed by atoms with Gasteiger partial charge in [-0.1, -0.05) is 36.4 Å². The standard InChI is InChI=1S/C23H23N5O2/c1-15-16-7-2-3-8-17(16)21(26-25-15)27-12-6-11-20(27)22-24-19-10-5-4-9-18(19)23(30)28(22)13-14-29/h2-5,7-10,20,29H,6,11-14H2,1H3. The molecule has 7 heteroatoms. The van der Waals surface area contributed by atoms with E-state index in [1.807, 2.05) is 37.3 Å². The molecule has 30 heavy (non-hydrogen) atoms. The molecule has 1 aliphatic rings. The van der Waals surface area contributed by atoms with Crippen molar-refractivity contribution in [3.63, 3.8) is 0 Å². The van der Waals surface area contributed by atoms with E-state index in [-0.39, 0.29) is 24.8 Å². The first kappa shape index (κ1) is 18.7. The van der Waals surface area contributed by atoms with Crippen LogP contribution in [0.5, 0.6) is 0 Å². The minimum atomic E-state index is -0.118. The van der Waals surface area contributed by atoms with Crippen molar-refractivity contribution in [3.05, 3.63) is 70.4 Å². The molecule has 1 saturated heterocycles. The summed E-state index contributed by atoms with van der Waals surface area (Å²) in [4.78, 5) is 20.2. The van der Waals surface area contributed by atoms with Gasteiger partial charge in [0.25, 0.3) is 5.56 Å². The van der Waals surface area contributed by atoms with Crippen LogP contribution in [0.3, 0.4) is 0 Å². The second kappa shape index (κ2) is 7.50. The lowest BCUT2D eigenvalue weighted by molar-refractivity contribution is 0.270. The van der Waals surface area contributed by atoms with Crippen LogP contribution in [0, 0.1) is 6.92 Å². The smallest absolute Gasteiger partial charge is 0.261 e. The van der Waals surface area contributed by atoms with Crippen LogP contribution >= 0.6 is 0 Å². The fourth-order valence-electron chi connectivity index (χ4n) is 4.48. The monoisotopic (exact) mass is 401 g/mol. The number of hydrogen-bond donors (Lipinski definition) is 1. The van der Waals surface area contributed by atoms with Crippen LogP contribution in [-0.2, 0) is 6.54 Å². The maximum atomic E-state index is 13.2. The average Bonchev–Trinajstić information content (AvgIpc) is 3.25. The van der Waals surface area contributed by atoms with E-state index in [0.717, 1.165) is 41.7 Å². The summed E-state index contributed by atoms with van der Waals surface area (Å²) in [5.74, 6) is 1.49. The van der Waals surface area contributed by atoms with Crippen molar-refractivity contribution in [2.24, 2.45) is 0 Å². The van der Waals surface area contributed by atoms with E-state index in [4.69, 9.17) is 4.98 Å². The Bertz CT molecular complexity index is 1300. The van der Waals surface area contributed by atoms with E-state index >= 15 is 0 Å². The van der Waals surface area contributed by atoms with Crippen LogP contribution in [-0.4, -0.2) is 38.0 Å². The molecule has 152 valence electrons. The van der Waals surface area contributed by atoms with Crippen molar-refractivity contribution in [1.82, 2.24) is 19.7 Å². The molecule has 5 rings (SSSR count). The number of fused-ring (bicyclic) bond motifs is 2. The third-order valence-electron chi connectivity index (χ3n) is 5.89. The highest BCUT2D eigenvalue weighted by molar-refractivity contribution is 5.93. The Balaban J connectivity index is 1.70. The summed E-state index contributed by atoms with van der Waals surface area (Å²) in [6.07, 6.45) is 1.83. The lowest BCUT2D eigenvalue weighted by Crippen LogP contribution is -2.33. The Morgan fingerprint density at radius 2 is 1.77 bits per heavy atom. The third-order valence-corrected chi connectivity index (χ3v) is 5.89. The Kier molecular flexibility index (Phi) is 4.67. The van der Waals surface area contributed by atoms with Gasteiger partial charge in [-0.25, -0.2) is 4.98 Å². The number of nitrogens with zero attached hydrogens (tertiary/aromatic N) is 5. The van der Waals surface area contributed by atoms with Gasteiger partial charge < -0.3 is 10.0 Å². The van der Waals surface area contributed by atoms with Crippen molar-refractivity contribution < 1.29 is 5.11 Å². The van der Waals surface area contributed by atoms with Crippen molar-refractivity contribution in [2.45, 2.75) is 32.4 Å². The second-order valence-corrected chi connectivity index (χ2v) is 7.67. The molecule has 2 aromatic carbocycles. The summed E-state index contributed by atoms with van der Waals surface area (Å²) in [6.45, 7) is 2.88. The van der Waals surface area contributed by atoms with Crippen LogP contribution in [0.1, 0.15) is 30.4 Å². The molecule has 0 spiro atoms. The van der Waals surface area contributed by atoms with Gasteiger partial charge in [-0.2, -0.15) is 5.10 Å². The van der Waals surface area contributed by atoms with Crippen molar-refractivity contribution in [1.29, 1.82) is 0 Å². The number of hydrogen-bond acceptors (Lipinski definition) is 6. The summed E-state index contributed by atoms with van der Waals surface area (Å²) >= 11 is 0. The molecule has 7 nitrogen and oxygen atoms in total. The average molecular weight is 401 g/mol. The maximum absolute atomic E-state index is 13.2. The molecule has 1 fully saturated rings. The molecule has 2 aromatic heterocycles. The number of para-hydroxylation sites is 1. The van der Waals surface area contributed by atoms with Gasteiger partial charge >= 0.3 is 0 Å². The number of aryl methyl sites for hydroxylation is 1. The fourth-order valence-corrected chi connectivity index (χ4v) is 4.48. The van der Waals surface area contributed by atoms with Crippen molar-refractivity contribution in [3.8, 4) is 0 Å². The van der Waals surface area contributed by atoms with Gasteiger partial charge in [0.1, 0.15) is 5.82 Å². The highest BCUT2D eigenvalue weighted by atomic mass is 16.3. The molecule has 0 aliphatic carbocycles. The lowest BCUT2D eigenvalue weighted by Gasteiger charge is -2.28. The van der Waals surface area contributed by atoms with Crippen molar-refractivity contribution >= 4 is 27.5 Å². The number of benzene rings is 2. The van der Waals surface area contributed by atoms with Gasteiger partial charge in [0.05, 0.1) is 35.8 Å². The van der Waals surface area contributed by atoms with Gasteiger partial charge in [-0.15, -0.1) is 5.10 Å². The summed E-state index contributed by atoms with van der Waals surface area (Å²) in [6, 6.07) is 15.4. The fraction of sp³-hybridized carbons (Fsp3) is 0.304. The third kappa shape index (κ3) is 2.93. The van der Waals surface area contributed by atoms with Crippen LogP contribution in [0.4, 0.5) is 5.82 Å². The minimum absolute atomic E-state index is 0.103. The summed E-state index contributed by atoms with van der Waals surface area (Å²) in [5.41, 5.74) is 1.46. The Labute approximate surface area is 173 Å². The summed E-state index contributed by atoms with van der Waals surface area (Å²) in [5, 5.41) is 21.2. The molecule has 4 aromatic rings. The van der Waals surface area contributed by atoms with E-state index in [0.29, 0.717) is 16.7 Å². The van der Waals surface area contributed by atoms with Crippen LogP contribution in [0.15, 0.2) is 53.3 Å². The quantitative estimate of drug-likeness (QED) is 0.566. The second-order valence-electron chi connectivity index (χ2n) is 7.67. The van der Waals surface area contributed by atoms with Crippen LogP contribution in [0.2, 0.25) is 0 Å². The van der Waals surface area contributed by atoms with E-state index in [9.17, 15) is 9.90 Å². The molecule has 0 radical (unpaired) electrons. The highest BCUT2D eigenvalue weighted by Gasteiger charge is 2.32. The van der Waals surface area contributed by atoms with Gasteiger partial charge in [0, 0.05) is 17.3 Å². The highest BCUT2D eigenvalue weighted by Crippen LogP contribution is 2.37. The van der Waals surface area contributed by atoms with Gasteiger partial charge in [-0.05, 0) is 31.9 Å². The molecule has 1 aliphatic heterocycles. The van der Waals surface area contributed by atoms with Crippen molar-refractivity contribution in [2.75, 3.05) is 18.1 Å². The molecule has 3 heterocycles. The predicted molar refractivity (Wildman–Crippen MR) is 117 cm³/mol. The van der Waals surface area contributed by atoms with E-state index < -0.39 is 0 Å². The summed E-state index contributed by atoms with van der Waals surface area (Å²) in [7, 11) is 0. The van der Waals surface area contributed by atoms with Gasteiger partial charge in [0.2, 0.25) is 0 Å². The number of anilines is 1. The van der Waals surface area contributed by atoms with E-state index in [2.05, 4.69) is 27.2 Å². The molecule has 0 bridgehead atoms. The molecular weight excluding hydrogens is 378 g/mol. The maximum Gasteiger partial charge on any atom is 0.261 e. The van der Waals surface area contributed by atoms with Crippen LogP contribution < -0.4 is 10.5 Å². The number of aliphatic hydroxyl groups excluding tert-OH is 1. The van der Waals surface area contributed by atoms with Gasteiger partial charge in [-0.3, -0.25) is 9.36 Å². The minimum Gasteiger partial charge on any atom is -0.395 e. The molecule has 0 amide bonds. The Hall–Kier alpha value is -3.32. The summed E-state index contributed by atoms with van der Waals surface area (Å²) < 4.78 is 1.62. The zero-order valence-electron chi connectivity index (χ0n) is 16.8. The topological polar surface area (TPSA) is 84.1 Å². The SMILES string of the molecule is Cc1nnc(N2CCCC2c2nc3ccccc3c(=O)n2CCO)c2ccccc12. The first-order valence-corrected chi connectivity index (χ1v) is 10.3. The molecule has 1 unspecified atom stereocenters.